The van der Waals surface area contributed by atoms with Crippen molar-refractivity contribution in [3.05, 3.63) is 123 Å². The molecule has 3 unspecified atom stereocenters. The van der Waals surface area contributed by atoms with Gasteiger partial charge in [-0.05, 0) is 111 Å². The standard InChI is InChI=1S/C39H39ClN4O6S/c1-25-22-28(15-18-38(25,2)51(46,47)44-20-17-26-16-19-41-36(45)34(26)44)27-11-14-32-31(23-27)35(43-37(40)42-32)39(50-30-12-13-30,29-8-4-3-5-9-29)24-49-33-10-6-7-21-48-33/h3-5,8-9,11,14-17,19-20,22-23,30,33H,6-7,10,12-13,18,21,24H2,1-2H3,(H,41,45). The molecule has 4 heterocycles. The number of hydrogen-bond donors (Lipinski definition) is 1. The second kappa shape index (κ2) is 13.1. The Hall–Kier alpha value is -4.13. The Morgan fingerprint density at radius 1 is 1.08 bits per heavy atom. The maximum Gasteiger partial charge on any atom is 0.273 e. The Kier molecular flexibility index (Phi) is 8.75. The summed E-state index contributed by atoms with van der Waals surface area (Å²) in [6, 6.07) is 19.2. The number of ether oxygens (including phenoxy) is 3. The van der Waals surface area contributed by atoms with Crippen LogP contribution in [0.25, 0.3) is 27.4 Å². The van der Waals surface area contributed by atoms with E-state index in [9.17, 15) is 13.2 Å². The van der Waals surface area contributed by atoms with Gasteiger partial charge in [0.1, 0.15) is 10.3 Å². The molecule has 51 heavy (non-hydrogen) atoms. The Morgan fingerprint density at radius 2 is 1.90 bits per heavy atom. The van der Waals surface area contributed by atoms with Crippen molar-refractivity contribution in [2.75, 3.05) is 13.2 Å². The summed E-state index contributed by atoms with van der Waals surface area (Å²) < 4.78 is 47.7. The van der Waals surface area contributed by atoms with Gasteiger partial charge in [0.05, 0.1) is 23.9 Å². The number of nitrogens with one attached hydrogen (secondary N) is 1. The van der Waals surface area contributed by atoms with Crippen molar-refractivity contribution in [3.63, 3.8) is 0 Å². The lowest BCUT2D eigenvalue weighted by Crippen LogP contribution is -2.41. The van der Waals surface area contributed by atoms with Crippen LogP contribution >= 0.6 is 11.6 Å². The molecule has 1 saturated heterocycles. The summed E-state index contributed by atoms with van der Waals surface area (Å²) >= 11 is 6.64. The van der Waals surface area contributed by atoms with E-state index in [-0.39, 0.29) is 36.2 Å². The van der Waals surface area contributed by atoms with Crippen molar-refractivity contribution in [1.82, 2.24) is 18.9 Å². The number of benzene rings is 2. The second-order valence-electron chi connectivity index (χ2n) is 13.8. The fourth-order valence-electron chi connectivity index (χ4n) is 7.17. The van der Waals surface area contributed by atoms with E-state index in [4.69, 9.17) is 30.8 Å². The lowest BCUT2D eigenvalue weighted by molar-refractivity contribution is -0.197. The number of fused-ring (bicyclic) bond motifs is 2. The van der Waals surface area contributed by atoms with Crippen LogP contribution in [0.2, 0.25) is 5.28 Å². The topological polar surface area (TPSA) is 125 Å². The summed E-state index contributed by atoms with van der Waals surface area (Å²) in [4.78, 5) is 24.8. The molecule has 3 aliphatic rings. The molecule has 3 aromatic heterocycles. The fraction of sp³-hybridized carbons (Fsp3) is 0.359. The summed E-state index contributed by atoms with van der Waals surface area (Å²) in [6.45, 7) is 4.35. The molecule has 1 N–H and O–H groups in total. The molecule has 0 bridgehead atoms. The summed E-state index contributed by atoms with van der Waals surface area (Å²) in [7, 11) is -4.03. The van der Waals surface area contributed by atoms with E-state index in [1.807, 2.05) is 67.6 Å². The first-order chi connectivity index (χ1) is 24.6. The lowest BCUT2D eigenvalue weighted by atomic mass is 9.85. The molecule has 2 aromatic carbocycles. The van der Waals surface area contributed by atoms with Gasteiger partial charge in [0.2, 0.25) is 15.3 Å². The third-order valence-corrected chi connectivity index (χ3v) is 13.1. The summed E-state index contributed by atoms with van der Waals surface area (Å²) in [6.07, 6.45) is 11.4. The van der Waals surface area contributed by atoms with Gasteiger partial charge >= 0.3 is 0 Å². The molecule has 3 atom stereocenters. The maximum atomic E-state index is 14.2. The highest BCUT2D eigenvalue weighted by Crippen LogP contribution is 2.44. The van der Waals surface area contributed by atoms with Gasteiger partial charge in [0.15, 0.2) is 11.9 Å². The Balaban J connectivity index is 1.21. The number of hydrogen-bond acceptors (Lipinski definition) is 8. The van der Waals surface area contributed by atoms with Crippen LogP contribution in [0.3, 0.4) is 0 Å². The molecule has 264 valence electrons. The average molecular weight is 727 g/mol. The molecule has 2 aliphatic carbocycles. The SMILES string of the molecule is CC1=CC(c2ccc3nc(Cl)nc(C(COC4CCCCO4)(OC4CC4)c4ccccc4)c3c2)=CCC1(C)S(=O)(=O)n1ccc2cc[nH]c(=O)c21. The monoisotopic (exact) mass is 726 g/mol. The minimum absolute atomic E-state index is 0.0346. The number of aromatic nitrogens is 4. The van der Waals surface area contributed by atoms with Crippen molar-refractivity contribution in [2.45, 2.75) is 75.1 Å². The van der Waals surface area contributed by atoms with Crippen molar-refractivity contribution in [3.8, 4) is 0 Å². The first-order valence-corrected chi connectivity index (χ1v) is 19.2. The lowest BCUT2D eigenvalue weighted by Gasteiger charge is -2.36. The Bertz CT molecular complexity index is 2360. The highest BCUT2D eigenvalue weighted by atomic mass is 35.5. The third kappa shape index (κ3) is 6.04. The maximum absolute atomic E-state index is 14.2. The molecule has 0 amide bonds. The van der Waals surface area contributed by atoms with Crippen LogP contribution in [-0.4, -0.2) is 57.7 Å². The molecular formula is C39H39ClN4O6S. The minimum Gasteiger partial charge on any atom is -0.358 e. The van der Waals surface area contributed by atoms with Gasteiger partial charge in [0.25, 0.3) is 5.56 Å². The van der Waals surface area contributed by atoms with Gasteiger partial charge < -0.3 is 19.2 Å². The normalized spacial score (nSPS) is 22.5. The van der Waals surface area contributed by atoms with Crippen LogP contribution in [0.5, 0.6) is 0 Å². The van der Waals surface area contributed by atoms with Crippen LogP contribution in [-0.2, 0) is 29.8 Å². The Morgan fingerprint density at radius 3 is 2.65 bits per heavy atom. The molecule has 1 aliphatic heterocycles. The number of halogens is 1. The number of pyridine rings is 1. The van der Waals surface area contributed by atoms with Gasteiger partial charge in [-0.25, -0.2) is 22.4 Å². The van der Waals surface area contributed by atoms with Crippen LogP contribution in [0.15, 0.2) is 95.6 Å². The Labute approximate surface area is 301 Å². The van der Waals surface area contributed by atoms with Gasteiger partial charge in [-0.2, -0.15) is 0 Å². The summed E-state index contributed by atoms with van der Waals surface area (Å²) in [5.41, 5.74) is 3.05. The fourth-order valence-corrected chi connectivity index (χ4v) is 9.19. The highest BCUT2D eigenvalue weighted by Gasteiger charge is 2.46. The van der Waals surface area contributed by atoms with Gasteiger partial charge in [-0.15, -0.1) is 0 Å². The van der Waals surface area contributed by atoms with Crippen LogP contribution in [0, 0.1) is 0 Å². The zero-order valence-corrected chi connectivity index (χ0v) is 30.0. The largest absolute Gasteiger partial charge is 0.358 e. The molecule has 8 rings (SSSR count). The molecule has 0 radical (unpaired) electrons. The predicted octanol–water partition coefficient (Wildman–Crippen LogP) is 7.26. The summed E-state index contributed by atoms with van der Waals surface area (Å²) in [5, 5.41) is 1.41. The number of allylic oxidation sites excluding steroid dienone is 3. The number of aromatic amines is 1. The van der Waals surface area contributed by atoms with Crippen molar-refractivity contribution in [2.24, 2.45) is 0 Å². The van der Waals surface area contributed by atoms with E-state index in [1.54, 1.807) is 19.1 Å². The molecule has 2 fully saturated rings. The molecule has 12 heteroatoms. The zero-order valence-electron chi connectivity index (χ0n) is 28.5. The van der Waals surface area contributed by atoms with E-state index in [1.165, 1.54) is 12.4 Å². The molecular weight excluding hydrogens is 688 g/mol. The number of H-pyrrole nitrogens is 1. The third-order valence-electron chi connectivity index (χ3n) is 10.4. The zero-order chi connectivity index (χ0) is 35.4. The first kappa shape index (κ1) is 34.0. The van der Waals surface area contributed by atoms with Crippen LogP contribution in [0.4, 0.5) is 0 Å². The van der Waals surface area contributed by atoms with Crippen molar-refractivity contribution in [1.29, 1.82) is 0 Å². The van der Waals surface area contributed by atoms with Crippen LogP contribution < -0.4 is 5.56 Å². The highest BCUT2D eigenvalue weighted by molar-refractivity contribution is 7.91. The van der Waals surface area contributed by atoms with E-state index in [2.05, 4.69) is 9.97 Å². The van der Waals surface area contributed by atoms with E-state index < -0.39 is 25.9 Å². The second-order valence-corrected chi connectivity index (χ2v) is 16.4. The van der Waals surface area contributed by atoms with Crippen molar-refractivity contribution >= 4 is 49.0 Å². The number of nitrogens with zero attached hydrogens (tertiary/aromatic N) is 3. The van der Waals surface area contributed by atoms with E-state index in [0.29, 0.717) is 28.8 Å². The molecule has 10 nitrogen and oxygen atoms in total. The number of rotatable bonds is 10. The quantitative estimate of drug-likeness (QED) is 0.149. The average Bonchev–Trinajstić information content (AvgIpc) is 3.84. The van der Waals surface area contributed by atoms with Crippen molar-refractivity contribution < 1.29 is 22.6 Å². The molecule has 1 saturated carbocycles. The van der Waals surface area contributed by atoms with E-state index >= 15 is 0 Å². The first-order valence-electron chi connectivity index (χ1n) is 17.4. The predicted molar refractivity (Wildman–Crippen MR) is 197 cm³/mol. The molecule has 5 aromatic rings. The molecule has 0 spiro atoms. The minimum atomic E-state index is -4.03. The van der Waals surface area contributed by atoms with Gasteiger partial charge in [-0.1, -0.05) is 48.6 Å². The summed E-state index contributed by atoms with van der Waals surface area (Å²) in [5.74, 6) is 0. The van der Waals surface area contributed by atoms with Gasteiger partial charge in [0, 0.05) is 29.8 Å². The van der Waals surface area contributed by atoms with Gasteiger partial charge in [-0.3, -0.25) is 4.79 Å². The van der Waals surface area contributed by atoms with E-state index in [0.717, 1.165) is 58.2 Å². The smallest absolute Gasteiger partial charge is 0.273 e. The van der Waals surface area contributed by atoms with Crippen LogP contribution in [0.1, 0.15) is 69.2 Å².